The first kappa shape index (κ1) is 11.5. The Bertz CT molecular complexity index is 340. The van der Waals surface area contributed by atoms with Gasteiger partial charge >= 0.3 is 0 Å². The van der Waals surface area contributed by atoms with Crippen LogP contribution in [0.1, 0.15) is 24.3 Å². The number of benzene rings is 1. The second kappa shape index (κ2) is 5.37. The maximum Gasteiger partial charge on any atom is 0.0221 e. The number of thioether (sulfide) groups is 1. The van der Waals surface area contributed by atoms with Gasteiger partial charge in [0.2, 0.25) is 0 Å². The Morgan fingerprint density at radius 2 is 2.40 bits per heavy atom. The molecule has 1 heterocycles. The molecule has 1 aliphatic heterocycles. The number of hydrogen-bond acceptors (Lipinski definition) is 2. The summed E-state index contributed by atoms with van der Waals surface area (Å²) in [4.78, 5) is 1.47. The van der Waals surface area contributed by atoms with Crippen molar-refractivity contribution >= 4 is 27.7 Å². The van der Waals surface area contributed by atoms with Crippen molar-refractivity contribution in [1.29, 1.82) is 0 Å². The van der Waals surface area contributed by atoms with E-state index in [4.69, 9.17) is 0 Å². The first-order valence-corrected chi connectivity index (χ1v) is 7.16. The van der Waals surface area contributed by atoms with E-state index in [0.717, 1.165) is 12.5 Å². The highest BCUT2D eigenvalue weighted by molar-refractivity contribution is 9.10. The highest BCUT2D eigenvalue weighted by Gasteiger charge is 2.24. The molecule has 2 rings (SSSR count). The molecule has 0 saturated carbocycles. The van der Waals surface area contributed by atoms with Crippen molar-refractivity contribution in [3.63, 3.8) is 0 Å². The summed E-state index contributed by atoms with van der Waals surface area (Å²) >= 11 is 5.67. The van der Waals surface area contributed by atoms with Crippen molar-refractivity contribution in [2.75, 3.05) is 19.3 Å². The Labute approximate surface area is 104 Å². The molecule has 1 atom stereocenters. The predicted molar refractivity (Wildman–Crippen MR) is 70.8 cm³/mol. The normalized spacial score (nSPS) is 19.2. The number of hydrogen-bond donors (Lipinski definition) is 1. The minimum atomic E-state index is 0.744. The van der Waals surface area contributed by atoms with E-state index in [-0.39, 0.29) is 0 Å². The van der Waals surface area contributed by atoms with Gasteiger partial charge in [-0.2, -0.15) is 0 Å². The topological polar surface area (TPSA) is 12.0 Å². The van der Waals surface area contributed by atoms with Crippen LogP contribution in [0.3, 0.4) is 0 Å². The predicted octanol–water partition coefficient (Wildman–Crippen LogP) is 3.64. The average molecular weight is 286 g/mol. The lowest BCUT2D eigenvalue weighted by Crippen LogP contribution is -2.09. The molecule has 0 radical (unpaired) electrons. The quantitative estimate of drug-likeness (QED) is 0.848. The SMILES string of the molecule is CNCCCC1CSc2cccc(Br)c21. The lowest BCUT2D eigenvalue weighted by molar-refractivity contribution is 0.613. The summed E-state index contributed by atoms with van der Waals surface area (Å²) < 4.78 is 1.29. The minimum absolute atomic E-state index is 0.744. The Kier molecular flexibility index (Phi) is 4.12. The molecule has 0 amide bonds. The van der Waals surface area contributed by atoms with Gasteiger partial charge in [0.1, 0.15) is 0 Å². The largest absolute Gasteiger partial charge is 0.320 e. The van der Waals surface area contributed by atoms with E-state index < -0.39 is 0 Å². The van der Waals surface area contributed by atoms with E-state index in [1.165, 1.54) is 28.0 Å². The van der Waals surface area contributed by atoms with Crippen LogP contribution >= 0.6 is 27.7 Å². The standard InChI is InChI=1S/C12H16BrNS/c1-14-7-3-4-9-8-15-11-6-2-5-10(13)12(9)11/h2,5-6,9,14H,3-4,7-8H2,1H3. The maximum atomic E-state index is 3.67. The first-order chi connectivity index (χ1) is 7.33. The molecule has 1 N–H and O–H groups in total. The zero-order valence-corrected chi connectivity index (χ0v) is 11.3. The van der Waals surface area contributed by atoms with E-state index >= 15 is 0 Å². The Balaban J connectivity index is 2.07. The van der Waals surface area contributed by atoms with Gasteiger partial charge in [-0.15, -0.1) is 11.8 Å². The Morgan fingerprint density at radius 1 is 1.53 bits per heavy atom. The van der Waals surface area contributed by atoms with Gasteiger partial charge in [0.15, 0.2) is 0 Å². The lowest BCUT2D eigenvalue weighted by atomic mass is 9.96. The van der Waals surface area contributed by atoms with Crippen molar-refractivity contribution in [3.05, 3.63) is 28.2 Å². The van der Waals surface area contributed by atoms with Crippen LogP contribution in [0.5, 0.6) is 0 Å². The summed E-state index contributed by atoms with van der Waals surface area (Å²) in [6.07, 6.45) is 2.56. The molecule has 0 saturated heterocycles. The van der Waals surface area contributed by atoms with Crippen LogP contribution in [0, 0.1) is 0 Å². The van der Waals surface area contributed by atoms with Crippen LogP contribution in [0.4, 0.5) is 0 Å². The third kappa shape index (κ3) is 2.58. The van der Waals surface area contributed by atoms with Crippen LogP contribution in [0.15, 0.2) is 27.6 Å². The Hall–Kier alpha value is 0.01000. The fourth-order valence-electron chi connectivity index (χ4n) is 2.07. The van der Waals surface area contributed by atoms with Gasteiger partial charge < -0.3 is 5.32 Å². The molecule has 0 bridgehead atoms. The summed E-state index contributed by atoms with van der Waals surface area (Å²) in [5.74, 6) is 2.00. The van der Waals surface area contributed by atoms with Gasteiger partial charge in [-0.3, -0.25) is 0 Å². The summed E-state index contributed by atoms with van der Waals surface area (Å²) in [5.41, 5.74) is 1.54. The fourth-order valence-corrected chi connectivity index (χ4v) is 4.21. The van der Waals surface area contributed by atoms with Gasteiger partial charge in [-0.25, -0.2) is 0 Å². The van der Waals surface area contributed by atoms with Crippen LogP contribution in [-0.4, -0.2) is 19.3 Å². The van der Waals surface area contributed by atoms with E-state index in [0.29, 0.717) is 0 Å². The van der Waals surface area contributed by atoms with Gasteiger partial charge in [0.25, 0.3) is 0 Å². The molecule has 1 aromatic carbocycles. The molecule has 82 valence electrons. The van der Waals surface area contributed by atoms with E-state index in [1.54, 1.807) is 5.56 Å². The summed E-state index contributed by atoms with van der Waals surface area (Å²) in [5, 5.41) is 3.21. The molecular formula is C12H16BrNS. The molecule has 0 spiro atoms. The smallest absolute Gasteiger partial charge is 0.0221 e. The molecule has 3 heteroatoms. The Morgan fingerprint density at radius 3 is 3.20 bits per heavy atom. The van der Waals surface area contributed by atoms with Gasteiger partial charge in [-0.05, 0) is 50.0 Å². The average Bonchev–Trinajstić information content (AvgIpc) is 2.63. The van der Waals surface area contributed by atoms with E-state index in [9.17, 15) is 0 Å². The monoisotopic (exact) mass is 285 g/mol. The highest BCUT2D eigenvalue weighted by atomic mass is 79.9. The van der Waals surface area contributed by atoms with Gasteiger partial charge in [-0.1, -0.05) is 22.0 Å². The van der Waals surface area contributed by atoms with Crippen LogP contribution in [0.2, 0.25) is 0 Å². The second-order valence-corrected chi connectivity index (χ2v) is 5.82. The summed E-state index contributed by atoms with van der Waals surface area (Å²) in [7, 11) is 2.02. The second-order valence-electron chi connectivity index (χ2n) is 3.91. The molecule has 0 aliphatic carbocycles. The van der Waals surface area contributed by atoms with Crippen LogP contribution < -0.4 is 5.32 Å². The molecule has 1 aromatic rings. The van der Waals surface area contributed by atoms with Crippen molar-refractivity contribution in [1.82, 2.24) is 5.32 Å². The molecule has 1 unspecified atom stereocenters. The van der Waals surface area contributed by atoms with Gasteiger partial charge in [0.05, 0.1) is 0 Å². The maximum absolute atomic E-state index is 3.67. The molecule has 0 fully saturated rings. The first-order valence-electron chi connectivity index (χ1n) is 5.38. The minimum Gasteiger partial charge on any atom is -0.320 e. The van der Waals surface area contributed by atoms with Crippen LogP contribution in [0.25, 0.3) is 0 Å². The zero-order valence-electron chi connectivity index (χ0n) is 8.92. The lowest BCUT2D eigenvalue weighted by Gasteiger charge is -2.11. The fraction of sp³-hybridized carbons (Fsp3) is 0.500. The number of halogens is 1. The molecule has 1 aliphatic rings. The van der Waals surface area contributed by atoms with Crippen molar-refractivity contribution in [2.45, 2.75) is 23.7 Å². The molecule has 15 heavy (non-hydrogen) atoms. The van der Waals surface area contributed by atoms with Crippen molar-refractivity contribution in [2.24, 2.45) is 0 Å². The summed E-state index contributed by atoms with van der Waals surface area (Å²) in [6.45, 7) is 1.13. The molecule has 1 nitrogen and oxygen atoms in total. The number of nitrogens with one attached hydrogen (secondary N) is 1. The van der Waals surface area contributed by atoms with Crippen molar-refractivity contribution in [3.8, 4) is 0 Å². The third-order valence-corrected chi connectivity index (χ3v) is 4.77. The van der Waals surface area contributed by atoms with E-state index in [2.05, 4.69) is 39.4 Å². The zero-order chi connectivity index (χ0) is 10.7. The molecule has 0 aromatic heterocycles. The summed E-state index contributed by atoms with van der Waals surface area (Å²) in [6, 6.07) is 6.53. The number of fused-ring (bicyclic) bond motifs is 1. The van der Waals surface area contributed by atoms with Crippen molar-refractivity contribution < 1.29 is 0 Å². The highest BCUT2D eigenvalue weighted by Crippen LogP contribution is 2.45. The molecular weight excluding hydrogens is 270 g/mol. The third-order valence-electron chi connectivity index (χ3n) is 2.84. The van der Waals surface area contributed by atoms with Crippen LogP contribution in [-0.2, 0) is 0 Å². The van der Waals surface area contributed by atoms with E-state index in [1.807, 2.05) is 18.8 Å². The van der Waals surface area contributed by atoms with Gasteiger partial charge in [0, 0.05) is 15.1 Å². The number of rotatable bonds is 4.